The Bertz CT molecular complexity index is 395. The number of carbonyl (C=O) groups is 2. The summed E-state index contributed by atoms with van der Waals surface area (Å²) in [6.07, 6.45) is -0.0648. The molecule has 94 valence electrons. The molecule has 1 rings (SSSR count). The van der Waals surface area contributed by atoms with Gasteiger partial charge < -0.3 is 15.7 Å². The predicted octanol–water partition coefficient (Wildman–Crippen LogP) is 1.64. The molecule has 5 nitrogen and oxygen atoms in total. The van der Waals surface area contributed by atoms with Crippen LogP contribution in [0, 0.1) is 13.8 Å². The zero-order chi connectivity index (χ0) is 12.8. The molecule has 1 heterocycles. The average Bonchev–Trinajstić information content (AvgIpc) is 2.55. The molecular formula is C11H16N2O3S. The Kier molecular flexibility index (Phi) is 4.96. The highest BCUT2D eigenvalue weighted by Gasteiger charge is 2.04. The Morgan fingerprint density at radius 3 is 2.59 bits per heavy atom. The molecule has 17 heavy (non-hydrogen) atoms. The van der Waals surface area contributed by atoms with Gasteiger partial charge in [-0.05, 0) is 25.5 Å². The number of aryl methyl sites for hydroxylation is 2. The van der Waals surface area contributed by atoms with Crippen molar-refractivity contribution >= 4 is 23.3 Å². The van der Waals surface area contributed by atoms with Crippen molar-refractivity contribution in [2.75, 3.05) is 6.54 Å². The molecular weight excluding hydrogens is 240 g/mol. The molecule has 0 aliphatic rings. The monoisotopic (exact) mass is 256 g/mol. The second kappa shape index (κ2) is 6.24. The summed E-state index contributed by atoms with van der Waals surface area (Å²) in [4.78, 5) is 23.8. The van der Waals surface area contributed by atoms with Crippen LogP contribution in [0.4, 0.5) is 4.79 Å². The fourth-order valence-electron chi connectivity index (χ4n) is 1.25. The van der Waals surface area contributed by atoms with Crippen molar-refractivity contribution in [3.05, 3.63) is 21.4 Å². The molecule has 0 unspecified atom stereocenters. The quantitative estimate of drug-likeness (QED) is 0.749. The molecule has 0 saturated carbocycles. The van der Waals surface area contributed by atoms with Gasteiger partial charge in [0.15, 0.2) is 0 Å². The highest BCUT2D eigenvalue weighted by atomic mass is 32.1. The van der Waals surface area contributed by atoms with Gasteiger partial charge in [-0.15, -0.1) is 11.3 Å². The van der Waals surface area contributed by atoms with Crippen molar-refractivity contribution in [1.29, 1.82) is 0 Å². The third-order valence-electron chi connectivity index (χ3n) is 2.26. The van der Waals surface area contributed by atoms with Crippen LogP contribution in [-0.4, -0.2) is 23.7 Å². The van der Waals surface area contributed by atoms with Crippen LogP contribution in [0.15, 0.2) is 6.07 Å². The Balaban J connectivity index is 2.26. The molecule has 0 fully saturated rings. The number of carboxylic acids is 1. The van der Waals surface area contributed by atoms with Gasteiger partial charge in [0.25, 0.3) is 0 Å². The molecule has 1 aromatic heterocycles. The molecule has 0 atom stereocenters. The molecule has 1 aromatic rings. The van der Waals surface area contributed by atoms with Gasteiger partial charge in [0, 0.05) is 16.3 Å². The number of carbonyl (C=O) groups excluding carboxylic acids is 1. The maximum atomic E-state index is 11.3. The van der Waals surface area contributed by atoms with E-state index in [1.54, 1.807) is 11.3 Å². The van der Waals surface area contributed by atoms with Gasteiger partial charge in [-0.1, -0.05) is 0 Å². The van der Waals surface area contributed by atoms with Crippen molar-refractivity contribution in [2.24, 2.45) is 0 Å². The summed E-state index contributed by atoms with van der Waals surface area (Å²) in [5, 5.41) is 13.6. The van der Waals surface area contributed by atoms with Crippen LogP contribution >= 0.6 is 11.3 Å². The molecule has 0 aliphatic carbocycles. The summed E-state index contributed by atoms with van der Waals surface area (Å²) in [5.74, 6) is -0.921. The zero-order valence-electron chi connectivity index (χ0n) is 9.87. The number of nitrogens with one attached hydrogen (secondary N) is 2. The third-order valence-corrected chi connectivity index (χ3v) is 3.42. The number of amides is 2. The fraction of sp³-hybridized carbons (Fsp3) is 0.455. The molecule has 0 radical (unpaired) electrons. The minimum Gasteiger partial charge on any atom is -0.481 e. The Morgan fingerprint density at radius 1 is 1.35 bits per heavy atom. The van der Waals surface area contributed by atoms with E-state index in [4.69, 9.17) is 5.11 Å². The van der Waals surface area contributed by atoms with Gasteiger partial charge in [0.1, 0.15) is 0 Å². The zero-order valence-corrected chi connectivity index (χ0v) is 10.7. The number of aliphatic carboxylic acids is 1. The van der Waals surface area contributed by atoms with E-state index < -0.39 is 5.97 Å². The fourth-order valence-corrected chi connectivity index (χ4v) is 2.24. The van der Waals surface area contributed by atoms with Gasteiger partial charge in [-0.3, -0.25) is 4.79 Å². The Hall–Kier alpha value is -1.56. The molecule has 3 N–H and O–H groups in total. The minimum atomic E-state index is -0.921. The molecule has 6 heteroatoms. The number of rotatable bonds is 5. The van der Waals surface area contributed by atoms with E-state index in [0.717, 1.165) is 4.88 Å². The van der Waals surface area contributed by atoms with E-state index in [2.05, 4.69) is 10.6 Å². The van der Waals surface area contributed by atoms with E-state index in [1.165, 1.54) is 10.4 Å². The maximum Gasteiger partial charge on any atom is 0.315 e. The van der Waals surface area contributed by atoms with Gasteiger partial charge in [-0.2, -0.15) is 0 Å². The predicted molar refractivity (Wildman–Crippen MR) is 66.3 cm³/mol. The number of carboxylic acid groups (broad SMARTS) is 1. The lowest BCUT2D eigenvalue weighted by Crippen LogP contribution is -2.36. The minimum absolute atomic E-state index is 0.0648. The van der Waals surface area contributed by atoms with Crippen LogP contribution in [0.1, 0.15) is 21.7 Å². The van der Waals surface area contributed by atoms with Crippen LogP contribution in [0.3, 0.4) is 0 Å². The standard InChI is InChI=1S/C11H16N2O3S/c1-7-5-9(17-8(7)2)6-13-11(16)12-4-3-10(14)15/h5H,3-4,6H2,1-2H3,(H,14,15)(H2,12,13,16). The normalized spacial score (nSPS) is 10.0. The van der Waals surface area contributed by atoms with Gasteiger partial charge in [0.2, 0.25) is 0 Å². The summed E-state index contributed by atoms with van der Waals surface area (Å²) in [6.45, 7) is 4.68. The first-order valence-electron chi connectivity index (χ1n) is 5.28. The van der Waals surface area contributed by atoms with Crippen molar-refractivity contribution in [3.63, 3.8) is 0 Å². The van der Waals surface area contributed by atoms with Crippen molar-refractivity contribution in [1.82, 2.24) is 10.6 Å². The first kappa shape index (κ1) is 13.5. The van der Waals surface area contributed by atoms with Crippen LogP contribution in [-0.2, 0) is 11.3 Å². The number of hydrogen-bond acceptors (Lipinski definition) is 3. The first-order chi connectivity index (χ1) is 7.99. The molecule has 0 bridgehead atoms. The summed E-state index contributed by atoms with van der Waals surface area (Å²) >= 11 is 1.65. The summed E-state index contributed by atoms with van der Waals surface area (Å²) in [6, 6.07) is 1.70. The molecule has 0 aromatic carbocycles. The molecule has 0 saturated heterocycles. The van der Waals surface area contributed by atoms with Crippen molar-refractivity contribution < 1.29 is 14.7 Å². The lowest BCUT2D eigenvalue weighted by Gasteiger charge is -2.04. The van der Waals surface area contributed by atoms with Crippen LogP contribution in [0.5, 0.6) is 0 Å². The third kappa shape index (κ3) is 4.86. The highest BCUT2D eigenvalue weighted by Crippen LogP contribution is 2.19. The van der Waals surface area contributed by atoms with E-state index in [0.29, 0.717) is 6.54 Å². The van der Waals surface area contributed by atoms with Gasteiger partial charge >= 0.3 is 12.0 Å². The molecule has 2 amide bonds. The summed E-state index contributed by atoms with van der Waals surface area (Å²) < 4.78 is 0. The largest absolute Gasteiger partial charge is 0.481 e. The second-order valence-corrected chi connectivity index (χ2v) is 5.05. The topological polar surface area (TPSA) is 78.4 Å². The Morgan fingerprint density at radius 2 is 2.06 bits per heavy atom. The van der Waals surface area contributed by atoms with Gasteiger partial charge in [-0.25, -0.2) is 4.79 Å². The van der Waals surface area contributed by atoms with Crippen LogP contribution in [0.2, 0.25) is 0 Å². The van der Waals surface area contributed by atoms with Gasteiger partial charge in [0.05, 0.1) is 13.0 Å². The van der Waals surface area contributed by atoms with Crippen molar-refractivity contribution in [2.45, 2.75) is 26.8 Å². The number of hydrogen-bond donors (Lipinski definition) is 3. The number of urea groups is 1. The van der Waals surface area contributed by atoms with E-state index in [-0.39, 0.29) is 19.0 Å². The second-order valence-electron chi connectivity index (χ2n) is 3.71. The van der Waals surface area contributed by atoms with E-state index in [1.807, 2.05) is 19.9 Å². The molecule has 0 spiro atoms. The maximum absolute atomic E-state index is 11.3. The molecule has 0 aliphatic heterocycles. The summed E-state index contributed by atoms with van der Waals surface area (Å²) in [7, 11) is 0. The van der Waals surface area contributed by atoms with E-state index in [9.17, 15) is 9.59 Å². The van der Waals surface area contributed by atoms with Crippen LogP contribution < -0.4 is 10.6 Å². The Labute approximate surface area is 104 Å². The van der Waals surface area contributed by atoms with Crippen molar-refractivity contribution in [3.8, 4) is 0 Å². The lowest BCUT2D eigenvalue weighted by atomic mass is 10.3. The average molecular weight is 256 g/mol. The summed E-state index contributed by atoms with van der Waals surface area (Å²) in [5.41, 5.74) is 1.22. The smallest absolute Gasteiger partial charge is 0.315 e. The number of thiophene rings is 1. The highest BCUT2D eigenvalue weighted by molar-refractivity contribution is 7.12. The first-order valence-corrected chi connectivity index (χ1v) is 6.10. The van der Waals surface area contributed by atoms with Crippen LogP contribution in [0.25, 0.3) is 0 Å². The van der Waals surface area contributed by atoms with E-state index >= 15 is 0 Å². The lowest BCUT2D eigenvalue weighted by molar-refractivity contribution is -0.136. The SMILES string of the molecule is Cc1cc(CNC(=O)NCCC(=O)O)sc1C.